The molecule has 0 aliphatic heterocycles. The van der Waals surface area contributed by atoms with Crippen molar-refractivity contribution in [3.05, 3.63) is 58.4 Å². The van der Waals surface area contributed by atoms with E-state index in [1.807, 2.05) is 12.1 Å². The molecule has 120 valence electrons. The zero-order valence-electron chi connectivity index (χ0n) is 13.2. The first-order valence-electron chi connectivity index (χ1n) is 7.39. The highest BCUT2D eigenvalue weighted by atomic mass is 16.1. The maximum Gasteiger partial charge on any atom is 0.257 e. The lowest BCUT2D eigenvalue weighted by molar-refractivity contribution is 0.102. The Kier molecular flexibility index (Phi) is 4.13. The van der Waals surface area contributed by atoms with Crippen molar-refractivity contribution in [2.24, 2.45) is 5.11 Å². The summed E-state index contributed by atoms with van der Waals surface area (Å²) in [6, 6.07) is 8.54. The van der Waals surface area contributed by atoms with Crippen LogP contribution < -0.4 is 5.32 Å². The first-order chi connectivity index (χ1) is 11.6. The number of nitrogens with one attached hydrogen (secondary N) is 2. The SMILES string of the molecule is CC(C)c1nc2ccc(NC(=O)c3ccc(N=[N+]=[N-])nc3)cc2[nH]1. The predicted octanol–water partition coefficient (Wildman–Crippen LogP) is 4.28. The molecule has 2 heterocycles. The van der Waals surface area contributed by atoms with Gasteiger partial charge in [0, 0.05) is 22.7 Å². The molecule has 1 amide bonds. The van der Waals surface area contributed by atoms with Crippen LogP contribution in [-0.4, -0.2) is 20.9 Å². The van der Waals surface area contributed by atoms with E-state index in [1.54, 1.807) is 12.1 Å². The average molecular weight is 321 g/mol. The van der Waals surface area contributed by atoms with E-state index < -0.39 is 0 Å². The first-order valence-corrected chi connectivity index (χ1v) is 7.39. The molecule has 2 N–H and O–H groups in total. The van der Waals surface area contributed by atoms with Crippen LogP contribution in [0.3, 0.4) is 0 Å². The van der Waals surface area contributed by atoms with Crippen LogP contribution in [0.25, 0.3) is 21.5 Å². The summed E-state index contributed by atoms with van der Waals surface area (Å²) in [5.41, 5.74) is 11.1. The second-order valence-electron chi connectivity index (χ2n) is 5.56. The molecular formula is C16H15N7O. The third kappa shape index (κ3) is 3.18. The number of aromatic nitrogens is 3. The summed E-state index contributed by atoms with van der Waals surface area (Å²) < 4.78 is 0. The fraction of sp³-hybridized carbons (Fsp3) is 0.188. The summed E-state index contributed by atoms with van der Waals surface area (Å²) in [7, 11) is 0. The van der Waals surface area contributed by atoms with Crippen LogP contribution in [0.2, 0.25) is 0 Å². The lowest BCUT2D eigenvalue weighted by Crippen LogP contribution is -2.11. The highest BCUT2D eigenvalue weighted by Crippen LogP contribution is 2.21. The molecule has 0 spiro atoms. The second-order valence-corrected chi connectivity index (χ2v) is 5.56. The normalized spacial score (nSPS) is 10.6. The van der Waals surface area contributed by atoms with E-state index in [4.69, 9.17) is 5.53 Å². The number of azide groups is 1. The first kappa shape index (κ1) is 15.5. The number of H-pyrrole nitrogens is 1. The van der Waals surface area contributed by atoms with Crippen LogP contribution in [0.15, 0.2) is 41.6 Å². The highest BCUT2D eigenvalue weighted by molar-refractivity contribution is 6.04. The Labute approximate surface area is 137 Å². The van der Waals surface area contributed by atoms with E-state index in [-0.39, 0.29) is 11.7 Å². The molecule has 0 bridgehead atoms. The van der Waals surface area contributed by atoms with Crippen LogP contribution in [0.1, 0.15) is 35.9 Å². The van der Waals surface area contributed by atoms with Gasteiger partial charge in [0.05, 0.1) is 16.6 Å². The van der Waals surface area contributed by atoms with Gasteiger partial charge in [0.15, 0.2) is 0 Å². The third-order valence-electron chi connectivity index (χ3n) is 3.46. The van der Waals surface area contributed by atoms with E-state index in [2.05, 4.69) is 44.1 Å². The van der Waals surface area contributed by atoms with Crippen LogP contribution in [0.4, 0.5) is 11.5 Å². The van der Waals surface area contributed by atoms with Crippen LogP contribution >= 0.6 is 0 Å². The number of hydrogen-bond acceptors (Lipinski definition) is 4. The molecule has 0 aliphatic carbocycles. The smallest absolute Gasteiger partial charge is 0.257 e. The summed E-state index contributed by atoms with van der Waals surface area (Å²) in [5, 5.41) is 6.18. The molecule has 0 saturated carbocycles. The van der Waals surface area contributed by atoms with Gasteiger partial charge >= 0.3 is 0 Å². The molecule has 0 fully saturated rings. The Morgan fingerprint density at radius 2 is 2.17 bits per heavy atom. The van der Waals surface area contributed by atoms with Gasteiger partial charge in [-0.2, -0.15) is 0 Å². The summed E-state index contributed by atoms with van der Waals surface area (Å²) >= 11 is 0. The van der Waals surface area contributed by atoms with Gasteiger partial charge in [-0.15, -0.1) is 0 Å². The molecule has 0 aliphatic rings. The number of benzene rings is 1. The number of carbonyl (C=O) groups excluding carboxylic acids is 1. The van der Waals surface area contributed by atoms with Crippen LogP contribution in [0, 0.1) is 0 Å². The van der Waals surface area contributed by atoms with Crippen LogP contribution in [-0.2, 0) is 0 Å². The topological polar surface area (TPSA) is 119 Å². The molecule has 0 atom stereocenters. The summed E-state index contributed by atoms with van der Waals surface area (Å²) in [6.07, 6.45) is 1.37. The maximum absolute atomic E-state index is 12.3. The van der Waals surface area contributed by atoms with E-state index in [0.717, 1.165) is 16.9 Å². The zero-order chi connectivity index (χ0) is 17.1. The fourth-order valence-electron chi connectivity index (χ4n) is 2.21. The molecule has 0 saturated heterocycles. The van der Waals surface area contributed by atoms with Gasteiger partial charge < -0.3 is 10.3 Å². The summed E-state index contributed by atoms with van der Waals surface area (Å²) in [6.45, 7) is 4.13. The average Bonchev–Trinajstić information content (AvgIpc) is 2.99. The van der Waals surface area contributed by atoms with Gasteiger partial charge in [0.25, 0.3) is 5.91 Å². The second kappa shape index (κ2) is 6.39. The maximum atomic E-state index is 12.3. The highest BCUT2D eigenvalue weighted by Gasteiger charge is 2.10. The van der Waals surface area contributed by atoms with E-state index in [9.17, 15) is 4.79 Å². The molecule has 2 aromatic heterocycles. The van der Waals surface area contributed by atoms with Crippen molar-refractivity contribution in [2.45, 2.75) is 19.8 Å². The Morgan fingerprint density at radius 1 is 1.33 bits per heavy atom. The number of anilines is 1. The van der Waals surface area contributed by atoms with Gasteiger partial charge in [0.2, 0.25) is 0 Å². The van der Waals surface area contributed by atoms with Crippen molar-refractivity contribution in [1.29, 1.82) is 0 Å². The molecule has 3 aromatic rings. The van der Waals surface area contributed by atoms with E-state index in [1.165, 1.54) is 12.3 Å². The summed E-state index contributed by atoms with van der Waals surface area (Å²) in [4.78, 5) is 26.6. The van der Waals surface area contributed by atoms with Gasteiger partial charge in [-0.1, -0.05) is 13.8 Å². The van der Waals surface area contributed by atoms with Crippen molar-refractivity contribution in [2.75, 3.05) is 5.32 Å². The Balaban J connectivity index is 1.80. The molecule has 1 aromatic carbocycles. The minimum Gasteiger partial charge on any atom is -0.342 e. The minimum atomic E-state index is -0.294. The fourth-order valence-corrected chi connectivity index (χ4v) is 2.21. The molecule has 0 radical (unpaired) electrons. The molecule has 24 heavy (non-hydrogen) atoms. The van der Waals surface area contributed by atoms with Gasteiger partial charge in [-0.3, -0.25) is 9.78 Å². The molecule has 8 nitrogen and oxygen atoms in total. The largest absolute Gasteiger partial charge is 0.342 e. The number of hydrogen-bond donors (Lipinski definition) is 2. The monoisotopic (exact) mass is 321 g/mol. The number of imidazole rings is 1. The van der Waals surface area contributed by atoms with Gasteiger partial charge in [-0.25, -0.2) is 4.98 Å². The number of nitrogens with zero attached hydrogens (tertiary/aromatic N) is 5. The Morgan fingerprint density at radius 3 is 2.83 bits per heavy atom. The van der Waals surface area contributed by atoms with E-state index in [0.29, 0.717) is 17.2 Å². The van der Waals surface area contributed by atoms with Crippen molar-refractivity contribution >= 4 is 28.4 Å². The quantitative estimate of drug-likeness (QED) is 0.424. The molecular weight excluding hydrogens is 306 g/mol. The number of carbonyl (C=O) groups is 1. The van der Waals surface area contributed by atoms with Crippen molar-refractivity contribution < 1.29 is 4.79 Å². The summed E-state index contributed by atoms with van der Waals surface area (Å²) in [5.74, 6) is 1.13. The standard InChI is InChI=1S/C16H15N7O/c1-9(2)15-20-12-5-4-11(7-13(12)21-15)19-16(24)10-3-6-14(18-8-10)22-23-17/h3-9H,1-2H3,(H,19,24)(H,20,21). The number of pyridine rings is 1. The van der Waals surface area contributed by atoms with Crippen molar-refractivity contribution in [3.63, 3.8) is 0 Å². The Bertz CT molecular complexity index is 937. The van der Waals surface area contributed by atoms with Gasteiger partial charge in [-0.05, 0) is 41.0 Å². The van der Waals surface area contributed by atoms with Gasteiger partial charge in [0.1, 0.15) is 11.6 Å². The number of aromatic amines is 1. The molecule has 0 unspecified atom stereocenters. The Hall–Kier alpha value is -3.38. The predicted molar refractivity (Wildman–Crippen MR) is 91.2 cm³/mol. The third-order valence-corrected chi connectivity index (χ3v) is 3.46. The van der Waals surface area contributed by atoms with Crippen molar-refractivity contribution in [3.8, 4) is 0 Å². The lowest BCUT2D eigenvalue weighted by Gasteiger charge is -2.05. The van der Waals surface area contributed by atoms with Crippen LogP contribution in [0.5, 0.6) is 0 Å². The van der Waals surface area contributed by atoms with Crippen molar-refractivity contribution in [1.82, 2.24) is 15.0 Å². The number of rotatable bonds is 4. The number of fused-ring (bicyclic) bond motifs is 1. The number of amides is 1. The lowest BCUT2D eigenvalue weighted by atomic mass is 10.2. The van der Waals surface area contributed by atoms with E-state index >= 15 is 0 Å². The zero-order valence-corrected chi connectivity index (χ0v) is 13.2. The molecule has 3 rings (SSSR count). The minimum absolute atomic E-state index is 0.217. The molecule has 8 heteroatoms.